The van der Waals surface area contributed by atoms with Crippen molar-refractivity contribution in [1.29, 1.82) is 5.26 Å². The van der Waals surface area contributed by atoms with Gasteiger partial charge < -0.3 is 10.6 Å². The lowest BCUT2D eigenvalue weighted by atomic mass is 10.0. The Morgan fingerprint density at radius 2 is 2.00 bits per heavy atom. The third-order valence-corrected chi connectivity index (χ3v) is 3.32. The first-order valence-corrected chi connectivity index (χ1v) is 7.26. The molecule has 0 spiro atoms. The van der Waals surface area contributed by atoms with E-state index in [1.54, 1.807) is 0 Å². The summed E-state index contributed by atoms with van der Waals surface area (Å²) in [4.78, 5) is 12.2. The number of carbonyl (C=O) groups excluding carboxylic acids is 1. The third-order valence-electron chi connectivity index (χ3n) is 3.32. The average Bonchev–Trinajstić information content (AvgIpc) is 2.47. The molecule has 4 heteroatoms. The van der Waals surface area contributed by atoms with E-state index in [4.69, 9.17) is 5.26 Å². The highest BCUT2D eigenvalue weighted by molar-refractivity contribution is 6.06. The van der Waals surface area contributed by atoms with Crippen molar-refractivity contribution in [3.8, 4) is 6.07 Å². The maximum absolute atomic E-state index is 12.2. The van der Waals surface area contributed by atoms with Gasteiger partial charge >= 0.3 is 0 Å². The summed E-state index contributed by atoms with van der Waals surface area (Å²) in [6.45, 7) is 8.17. The zero-order chi connectivity index (χ0) is 15.8. The molecule has 0 aliphatic heterocycles. The lowest BCUT2D eigenvalue weighted by molar-refractivity contribution is -0.112. The van der Waals surface area contributed by atoms with Crippen molar-refractivity contribution in [2.75, 3.05) is 5.32 Å². The first-order chi connectivity index (χ1) is 9.99. The molecule has 0 radical (unpaired) electrons. The van der Waals surface area contributed by atoms with Gasteiger partial charge in [-0.05, 0) is 30.9 Å². The molecule has 1 amide bonds. The van der Waals surface area contributed by atoms with Crippen molar-refractivity contribution >= 4 is 11.6 Å². The van der Waals surface area contributed by atoms with E-state index >= 15 is 0 Å². The Kier molecular flexibility index (Phi) is 6.48. The fourth-order valence-electron chi connectivity index (χ4n) is 1.80. The Bertz CT molecular complexity index is 555. The van der Waals surface area contributed by atoms with Gasteiger partial charge in [0.25, 0.3) is 5.91 Å². The van der Waals surface area contributed by atoms with Crippen molar-refractivity contribution < 1.29 is 4.79 Å². The molecule has 0 heterocycles. The van der Waals surface area contributed by atoms with Crippen molar-refractivity contribution in [1.82, 2.24) is 5.32 Å². The largest absolute Gasteiger partial charge is 0.387 e. The van der Waals surface area contributed by atoms with E-state index in [0.717, 1.165) is 17.7 Å². The summed E-state index contributed by atoms with van der Waals surface area (Å²) in [7, 11) is 0. The summed E-state index contributed by atoms with van der Waals surface area (Å²) in [6, 6.07) is 9.80. The zero-order valence-electron chi connectivity index (χ0n) is 13.1. The molecule has 0 saturated heterocycles. The summed E-state index contributed by atoms with van der Waals surface area (Å²) in [5, 5.41) is 15.0. The molecule has 21 heavy (non-hydrogen) atoms. The summed E-state index contributed by atoms with van der Waals surface area (Å²) in [5.41, 5.74) is 1.88. The predicted octanol–water partition coefficient (Wildman–Crippen LogP) is 3.54. The van der Waals surface area contributed by atoms with E-state index in [2.05, 4.69) is 24.5 Å². The van der Waals surface area contributed by atoms with Crippen molar-refractivity contribution in [3.05, 3.63) is 41.6 Å². The molecule has 1 aromatic carbocycles. The lowest BCUT2D eigenvalue weighted by Gasteiger charge is -2.13. The number of amides is 1. The molecule has 0 saturated carbocycles. The van der Waals surface area contributed by atoms with Crippen LogP contribution in [0.25, 0.3) is 0 Å². The highest BCUT2D eigenvalue weighted by Gasteiger charge is 2.13. The SMILES string of the molecule is CCC(C)N/C=C(/C#N)C(=O)Nc1ccccc1C(C)C. The Morgan fingerprint density at radius 3 is 2.57 bits per heavy atom. The van der Waals surface area contributed by atoms with Gasteiger partial charge in [-0.15, -0.1) is 0 Å². The van der Waals surface area contributed by atoms with Crippen LogP contribution < -0.4 is 10.6 Å². The molecule has 0 fully saturated rings. The normalized spacial score (nSPS) is 12.7. The standard InChI is InChI=1S/C17H23N3O/c1-5-13(4)19-11-14(10-18)17(21)20-16-9-7-6-8-15(16)12(2)3/h6-9,11-13,19H,5H2,1-4H3,(H,20,21)/b14-11-. The van der Waals surface area contributed by atoms with Crippen LogP contribution in [0.15, 0.2) is 36.0 Å². The maximum atomic E-state index is 12.2. The van der Waals surface area contributed by atoms with Crippen LogP contribution in [0.5, 0.6) is 0 Å². The summed E-state index contributed by atoms with van der Waals surface area (Å²) < 4.78 is 0. The van der Waals surface area contributed by atoms with Crippen LogP contribution in [-0.2, 0) is 4.79 Å². The number of benzene rings is 1. The van der Waals surface area contributed by atoms with E-state index in [1.165, 1.54) is 6.20 Å². The smallest absolute Gasteiger partial charge is 0.267 e. The number of rotatable bonds is 6. The summed E-state index contributed by atoms with van der Waals surface area (Å²) >= 11 is 0. The second kappa shape index (κ2) is 8.11. The monoisotopic (exact) mass is 285 g/mol. The quantitative estimate of drug-likeness (QED) is 0.620. The molecular weight excluding hydrogens is 262 g/mol. The van der Waals surface area contributed by atoms with Gasteiger partial charge in [-0.25, -0.2) is 0 Å². The Hall–Kier alpha value is -2.28. The third kappa shape index (κ3) is 4.96. The minimum absolute atomic E-state index is 0.0776. The topological polar surface area (TPSA) is 64.9 Å². The fraction of sp³-hybridized carbons (Fsp3) is 0.412. The Labute approximate surface area is 126 Å². The van der Waals surface area contributed by atoms with Crippen LogP contribution in [0.3, 0.4) is 0 Å². The number of hydrogen-bond donors (Lipinski definition) is 2. The van der Waals surface area contributed by atoms with Crippen molar-refractivity contribution in [3.63, 3.8) is 0 Å². The highest BCUT2D eigenvalue weighted by atomic mass is 16.1. The molecule has 2 N–H and O–H groups in total. The number of nitrogens with zero attached hydrogens (tertiary/aromatic N) is 1. The van der Waals surface area contributed by atoms with Gasteiger partial charge in [-0.2, -0.15) is 5.26 Å². The van der Waals surface area contributed by atoms with E-state index < -0.39 is 0 Å². The summed E-state index contributed by atoms with van der Waals surface area (Å²) in [5.74, 6) is -0.0874. The van der Waals surface area contributed by atoms with Crippen LogP contribution in [0.2, 0.25) is 0 Å². The molecule has 112 valence electrons. The molecule has 0 aliphatic rings. The molecule has 0 aliphatic carbocycles. The molecule has 1 rings (SSSR count). The van der Waals surface area contributed by atoms with Gasteiger partial charge in [0, 0.05) is 17.9 Å². The predicted molar refractivity (Wildman–Crippen MR) is 85.7 cm³/mol. The Morgan fingerprint density at radius 1 is 1.33 bits per heavy atom. The van der Waals surface area contributed by atoms with E-state index in [1.807, 2.05) is 44.2 Å². The minimum atomic E-state index is -0.388. The van der Waals surface area contributed by atoms with Gasteiger partial charge in [-0.1, -0.05) is 39.0 Å². The van der Waals surface area contributed by atoms with Gasteiger partial charge in [0.05, 0.1) is 0 Å². The number of hydrogen-bond acceptors (Lipinski definition) is 3. The van der Waals surface area contributed by atoms with E-state index in [-0.39, 0.29) is 17.5 Å². The maximum Gasteiger partial charge on any atom is 0.267 e. The molecule has 4 nitrogen and oxygen atoms in total. The van der Waals surface area contributed by atoms with Crippen molar-refractivity contribution in [2.24, 2.45) is 0 Å². The van der Waals surface area contributed by atoms with Crippen LogP contribution in [0.4, 0.5) is 5.69 Å². The number of nitriles is 1. The molecular formula is C17H23N3O. The molecule has 1 aromatic rings. The number of para-hydroxylation sites is 1. The zero-order valence-corrected chi connectivity index (χ0v) is 13.1. The second-order valence-corrected chi connectivity index (χ2v) is 5.34. The summed E-state index contributed by atoms with van der Waals surface area (Å²) in [6.07, 6.45) is 2.41. The first-order valence-electron chi connectivity index (χ1n) is 7.26. The van der Waals surface area contributed by atoms with Gasteiger partial charge in [0.15, 0.2) is 0 Å². The lowest BCUT2D eigenvalue weighted by Crippen LogP contribution is -2.22. The van der Waals surface area contributed by atoms with E-state index in [0.29, 0.717) is 5.92 Å². The first kappa shape index (κ1) is 16.8. The van der Waals surface area contributed by atoms with Gasteiger partial charge in [0.2, 0.25) is 0 Å². The van der Waals surface area contributed by atoms with Crippen LogP contribution >= 0.6 is 0 Å². The van der Waals surface area contributed by atoms with Gasteiger partial charge in [0.1, 0.15) is 11.6 Å². The second-order valence-electron chi connectivity index (χ2n) is 5.34. The highest BCUT2D eigenvalue weighted by Crippen LogP contribution is 2.23. The molecule has 0 bridgehead atoms. The van der Waals surface area contributed by atoms with Gasteiger partial charge in [-0.3, -0.25) is 4.79 Å². The van der Waals surface area contributed by atoms with Crippen molar-refractivity contribution in [2.45, 2.75) is 46.1 Å². The minimum Gasteiger partial charge on any atom is -0.387 e. The number of nitrogens with one attached hydrogen (secondary N) is 2. The van der Waals surface area contributed by atoms with Crippen LogP contribution in [0.1, 0.15) is 45.6 Å². The van der Waals surface area contributed by atoms with Crippen LogP contribution in [-0.4, -0.2) is 11.9 Å². The number of carbonyl (C=O) groups is 1. The Balaban J connectivity index is 2.87. The average molecular weight is 285 g/mol. The molecule has 0 aromatic heterocycles. The fourth-order valence-corrected chi connectivity index (χ4v) is 1.80. The molecule has 1 atom stereocenters. The van der Waals surface area contributed by atoms with Crippen LogP contribution in [0, 0.1) is 11.3 Å². The molecule has 1 unspecified atom stereocenters. The number of anilines is 1. The van der Waals surface area contributed by atoms with E-state index in [9.17, 15) is 4.79 Å².